The molecule has 0 spiro atoms. The first-order valence-electron chi connectivity index (χ1n) is 6.38. The zero-order chi connectivity index (χ0) is 13.9. The summed E-state index contributed by atoms with van der Waals surface area (Å²) in [6, 6.07) is 11.1. The Bertz CT molecular complexity index is 658. The largest absolute Gasteiger partial charge is 0.487 e. The number of benzene rings is 1. The number of ether oxygens (including phenoxy) is 1. The first-order valence-corrected chi connectivity index (χ1v) is 6.75. The Balaban J connectivity index is 1.71. The Morgan fingerprint density at radius 1 is 1.25 bits per heavy atom. The van der Waals surface area contributed by atoms with Gasteiger partial charge in [-0.1, -0.05) is 17.7 Å². The minimum atomic E-state index is 0.0642. The number of nitrogens with one attached hydrogen (secondary N) is 1. The van der Waals surface area contributed by atoms with E-state index in [1.807, 2.05) is 30.3 Å². The highest BCUT2D eigenvalue weighted by Gasteiger charge is 2.15. The molecule has 1 aromatic carbocycles. The Morgan fingerprint density at radius 2 is 2.15 bits per heavy atom. The fraction of sp³-hybridized carbons (Fsp3) is 0.200. The van der Waals surface area contributed by atoms with Crippen molar-refractivity contribution in [3.8, 4) is 5.75 Å². The number of fused-ring (bicyclic) bond motifs is 1. The zero-order valence-electron chi connectivity index (χ0n) is 10.7. The molecule has 0 unspecified atom stereocenters. The van der Waals surface area contributed by atoms with Gasteiger partial charge in [0.1, 0.15) is 17.5 Å². The molecule has 2 heterocycles. The summed E-state index contributed by atoms with van der Waals surface area (Å²) in [7, 11) is 0. The van der Waals surface area contributed by atoms with Gasteiger partial charge in [-0.2, -0.15) is 0 Å². The van der Waals surface area contributed by atoms with Crippen LogP contribution < -0.4 is 10.1 Å². The molecule has 102 valence electrons. The van der Waals surface area contributed by atoms with Crippen molar-refractivity contribution < 1.29 is 9.53 Å². The van der Waals surface area contributed by atoms with E-state index in [0.29, 0.717) is 18.2 Å². The summed E-state index contributed by atoms with van der Waals surface area (Å²) < 4.78 is 5.71. The maximum Gasteiger partial charge on any atom is 0.224 e. The molecular weight excluding hydrogens is 276 g/mol. The van der Waals surface area contributed by atoms with Gasteiger partial charge in [0, 0.05) is 12.1 Å². The molecule has 1 aliphatic rings. The van der Waals surface area contributed by atoms with Crippen LogP contribution in [0.3, 0.4) is 0 Å². The Morgan fingerprint density at radius 3 is 3.00 bits per heavy atom. The third kappa shape index (κ3) is 2.91. The van der Waals surface area contributed by atoms with Gasteiger partial charge in [-0.05, 0) is 42.3 Å². The average molecular weight is 289 g/mol. The van der Waals surface area contributed by atoms with Crippen molar-refractivity contribution >= 4 is 23.2 Å². The first-order chi connectivity index (χ1) is 9.70. The van der Waals surface area contributed by atoms with Gasteiger partial charge in [-0.3, -0.25) is 4.79 Å². The molecule has 0 aliphatic carbocycles. The molecule has 5 heteroatoms. The predicted molar refractivity (Wildman–Crippen MR) is 77.0 cm³/mol. The van der Waals surface area contributed by atoms with Crippen LogP contribution in [0.15, 0.2) is 36.4 Å². The summed E-state index contributed by atoms with van der Waals surface area (Å²) in [4.78, 5) is 15.5. The summed E-state index contributed by atoms with van der Waals surface area (Å²) in [5, 5.41) is 3.30. The molecule has 1 aliphatic heterocycles. The Hall–Kier alpha value is -2.07. The number of pyridine rings is 1. The van der Waals surface area contributed by atoms with Crippen molar-refractivity contribution in [2.24, 2.45) is 0 Å². The Kier molecular flexibility index (Phi) is 3.56. The summed E-state index contributed by atoms with van der Waals surface area (Å²) in [6.45, 7) is 0.367. The smallest absolute Gasteiger partial charge is 0.224 e. The van der Waals surface area contributed by atoms with Crippen LogP contribution >= 0.6 is 11.6 Å². The van der Waals surface area contributed by atoms with Crippen molar-refractivity contribution in [3.63, 3.8) is 0 Å². The van der Waals surface area contributed by atoms with E-state index in [4.69, 9.17) is 16.3 Å². The summed E-state index contributed by atoms with van der Waals surface area (Å²) >= 11 is 5.83. The van der Waals surface area contributed by atoms with Crippen LogP contribution in [-0.4, -0.2) is 10.9 Å². The number of aromatic nitrogens is 1. The van der Waals surface area contributed by atoms with Crippen molar-refractivity contribution in [2.45, 2.75) is 19.4 Å². The molecule has 0 saturated heterocycles. The number of amides is 1. The molecule has 1 aromatic heterocycles. The van der Waals surface area contributed by atoms with Gasteiger partial charge in [0.05, 0.1) is 5.69 Å². The highest BCUT2D eigenvalue weighted by Crippen LogP contribution is 2.27. The molecule has 2 aromatic rings. The van der Waals surface area contributed by atoms with Gasteiger partial charge < -0.3 is 10.1 Å². The molecule has 4 nitrogen and oxygen atoms in total. The monoisotopic (exact) mass is 288 g/mol. The molecule has 1 amide bonds. The van der Waals surface area contributed by atoms with Gasteiger partial charge in [0.2, 0.25) is 5.91 Å². The number of carbonyl (C=O) groups excluding carboxylic acids is 1. The molecule has 0 radical (unpaired) electrons. The zero-order valence-corrected chi connectivity index (χ0v) is 11.5. The van der Waals surface area contributed by atoms with E-state index in [-0.39, 0.29) is 5.91 Å². The van der Waals surface area contributed by atoms with Gasteiger partial charge >= 0.3 is 0 Å². The molecule has 20 heavy (non-hydrogen) atoms. The standard InChI is InChI=1S/C15H13ClN2O2/c16-14-3-1-2-11(17-14)9-20-12-5-6-13-10(8-12)4-7-15(19)18-13/h1-3,5-6,8H,4,7,9H2,(H,18,19). The van der Waals surface area contributed by atoms with Crippen molar-refractivity contribution in [1.29, 1.82) is 0 Å². The lowest BCUT2D eigenvalue weighted by atomic mass is 10.0. The minimum Gasteiger partial charge on any atom is -0.487 e. The molecule has 1 N–H and O–H groups in total. The summed E-state index contributed by atoms with van der Waals surface area (Å²) in [5.41, 5.74) is 2.75. The second-order valence-electron chi connectivity index (χ2n) is 4.61. The van der Waals surface area contributed by atoms with Crippen LogP contribution in [0, 0.1) is 0 Å². The minimum absolute atomic E-state index is 0.0642. The second kappa shape index (κ2) is 5.51. The Labute approximate surface area is 121 Å². The van der Waals surface area contributed by atoms with E-state index in [0.717, 1.165) is 29.1 Å². The third-order valence-corrected chi connectivity index (χ3v) is 3.34. The van der Waals surface area contributed by atoms with E-state index < -0.39 is 0 Å². The highest BCUT2D eigenvalue weighted by molar-refractivity contribution is 6.29. The number of rotatable bonds is 3. The number of hydrogen-bond donors (Lipinski definition) is 1. The molecule has 3 rings (SSSR count). The third-order valence-electron chi connectivity index (χ3n) is 3.13. The van der Waals surface area contributed by atoms with Gasteiger partial charge in [-0.25, -0.2) is 4.98 Å². The fourth-order valence-corrected chi connectivity index (χ4v) is 2.32. The van der Waals surface area contributed by atoms with Crippen LogP contribution in [0.2, 0.25) is 5.15 Å². The summed E-state index contributed by atoms with van der Waals surface area (Å²) in [5.74, 6) is 0.830. The number of carbonyl (C=O) groups is 1. The number of nitrogens with zero attached hydrogens (tertiary/aromatic N) is 1. The number of hydrogen-bond acceptors (Lipinski definition) is 3. The SMILES string of the molecule is O=C1CCc2cc(OCc3cccc(Cl)n3)ccc2N1. The van der Waals surface area contributed by atoms with E-state index in [9.17, 15) is 4.79 Å². The lowest BCUT2D eigenvalue weighted by Gasteiger charge is -2.17. The number of halogens is 1. The highest BCUT2D eigenvalue weighted by atomic mass is 35.5. The van der Waals surface area contributed by atoms with Crippen LogP contribution in [-0.2, 0) is 17.8 Å². The van der Waals surface area contributed by atoms with Gasteiger partial charge in [-0.15, -0.1) is 0 Å². The van der Waals surface area contributed by atoms with Gasteiger partial charge in [0.15, 0.2) is 0 Å². The van der Waals surface area contributed by atoms with Crippen molar-refractivity contribution in [2.75, 3.05) is 5.32 Å². The fourth-order valence-electron chi connectivity index (χ4n) is 2.14. The number of anilines is 1. The predicted octanol–water partition coefficient (Wildman–Crippen LogP) is 3.20. The summed E-state index contributed by atoms with van der Waals surface area (Å²) in [6.07, 6.45) is 1.26. The maximum atomic E-state index is 11.3. The van der Waals surface area contributed by atoms with Crippen LogP contribution in [0.5, 0.6) is 5.75 Å². The normalized spacial score (nSPS) is 13.6. The number of aryl methyl sites for hydroxylation is 1. The molecule has 0 fully saturated rings. The van der Waals surface area contributed by atoms with E-state index in [1.165, 1.54) is 0 Å². The van der Waals surface area contributed by atoms with E-state index >= 15 is 0 Å². The van der Waals surface area contributed by atoms with Crippen LogP contribution in [0.4, 0.5) is 5.69 Å². The molecule has 0 saturated carbocycles. The van der Waals surface area contributed by atoms with E-state index in [2.05, 4.69) is 10.3 Å². The lowest BCUT2D eigenvalue weighted by Crippen LogP contribution is -2.18. The van der Waals surface area contributed by atoms with Crippen molar-refractivity contribution in [3.05, 3.63) is 52.8 Å². The van der Waals surface area contributed by atoms with Crippen LogP contribution in [0.1, 0.15) is 17.7 Å². The second-order valence-corrected chi connectivity index (χ2v) is 4.99. The molecular formula is C15H13ClN2O2. The quantitative estimate of drug-likeness (QED) is 0.883. The first kappa shape index (κ1) is 12.9. The molecule has 0 atom stereocenters. The molecule has 0 bridgehead atoms. The van der Waals surface area contributed by atoms with Crippen LogP contribution in [0.25, 0.3) is 0 Å². The average Bonchev–Trinajstić information content (AvgIpc) is 2.45. The lowest BCUT2D eigenvalue weighted by molar-refractivity contribution is -0.116. The van der Waals surface area contributed by atoms with Gasteiger partial charge in [0.25, 0.3) is 0 Å². The van der Waals surface area contributed by atoms with Crippen molar-refractivity contribution in [1.82, 2.24) is 4.98 Å². The topological polar surface area (TPSA) is 51.2 Å². The maximum absolute atomic E-state index is 11.3. The van der Waals surface area contributed by atoms with E-state index in [1.54, 1.807) is 6.07 Å².